The lowest BCUT2D eigenvalue weighted by Gasteiger charge is -2.34. The number of ether oxygens (including phenoxy) is 6. The number of aliphatic hydroxyl groups excluding tert-OH is 2. The van der Waals surface area contributed by atoms with E-state index in [1.807, 2.05) is 19.6 Å². The molecule has 4 aromatic rings. The Hall–Kier alpha value is -6.20. The van der Waals surface area contributed by atoms with Gasteiger partial charge in [0, 0.05) is 78.5 Å². The van der Waals surface area contributed by atoms with Crippen LogP contribution in [0.3, 0.4) is 0 Å². The Bertz CT molecular complexity index is 2510. The van der Waals surface area contributed by atoms with E-state index in [0.29, 0.717) is 68.8 Å². The maximum absolute atomic E-state index is 12.0. The van der Waals surface area contributed by atoms with Gasteiger partial charge in [-0.3, -0.25) is 19.6 Å². The molecule has 25 nitrogen and oxygen atoms in total. The van der Waals surface area contributed by atoms with Crippen molar-refractivity contribution in [2.45, 2.75) is 38.4 Å². The highest BCUT2D eigenvalue weighted by Crippen LogP contribution is 2.18. The van der Waals surface area contributed by atoms with Crippen LogP contribution in [0.25, 0.3) is 0 Å². The van der Waals surface area contributed by atoms with Gasteiger partial charge >= 0.3 is 23.9 Å². The number of hydrogen-bond acceptors (Lipinski definition) is 22. The summed E-state index contributed by atoms with van der Waals surface area (Å²) in [6, 6.07) is 17.1. The Balaban J connectivity index is 1.46. The number of carboxylic acids is 4. The van der Waals surface area contributed by atoms with Crippen molar-refractivity contribution in [3.8, 4) is 0 Å². The van der Waals surface area contributed by atoms with Crippen molar-refractivity contribution >= 4 is 46.9 Å². The molecule has 0 saturated carbocycles. The summed E-state index contributed by atoms with van der Waals surface area (Å²) in [6.07, 6.45) is -1.59. The molecule has 0 amide bonds. The largest absolute Gasteiger partial charge is 0.477 e. The minimum atomic E-state index is -1.26. The SMILES string of the molecule is O=C(O)c1cc(N=C=S)cc(CN(CCO)CCOCC(OCCN(CCO)Cc2cccc(C(=O)O)n2)C2CN(Cc3cccc(C(=O)O)n3)CCOCCOCCOCCN(Cc3cccc(C(=O)O)n3)CCO2)n1. The molecular formula is C51H67N9O16S. The number of nitrogens with zero attached hydrogens (tertiary/aromatic N) is 9. The van der Waals surface area contributed by atoms with Crippen LogP contribution in [0.2, 0.25) is 0 Å². The van der Waals surface area contributed by atoms with Crippen molar-refractivity contribution in [1.82, 2.24) is 39.5 Å². The zero-order valence-corrected chi connectivity index (χ0v) is 43.5. The summed E-state index contributed by atoms with van der Waals surface area (Å²) in [5.41, 5.74) is 1.48. The minimum absolute atomic E-state index is 0.0436. The molecular weight excluding hydrogens is 1030 g/mol. The molecule has 1 saturated heterocycles. The van der Waals surface area contributed by atoms with Crippen LogP contribution in [0, 0.1) is 0 Å². The van der Waals surface area contributed by atoms with Crippen LogP contribution in [0.5, 0.6) is 0 Å². The number of isothiocyanates is 1. The number of aromatic nitrogens is 4. The first-order valence-electron chi connectivity index (χ1n) is 24.9. The van der Waals surface area contributed by atoms with Gasteiger partial charge in [-0.05, 0) is 60.7 Å². The van der Waals surface area contributed by atoms with Gasteiger partial charge in [0.2, 0.25) is 0 Å². The third-order valence-electron chi connectivity index (χ3n) is 11.7. The lowest BCUT2D eigenvalue weighted by molar-refractivity contribution is -0.120. The van der Waals surface area contributed by atoms with Crippen LogP contribution in [-0.4, -0.2) is 243 Å². The van der Waals surface area contributed by atoms with Gasteiger partial charge in [-0.1, -0.05) is 18.2 Å². The second-order valence-corrected chi connectivity index (χ2v) is 17.6. The molecule has 0 aliphatic carbocycles. The highest BCUT2D eigenvalue weighted by atomic mass is 32.1. The average Bonchev–Trinajstić information content (AvgIpc) is 3.40. The second-order valence-electron chi connectivity index (χ2n) is 17.4. The predicted molar refractivity (Wildman–Crippen MR) is 278 cm³/mol. The van der Waals surface area contributed by atoms with Gasteiger partial charge < -0.3 is 59.1 Å². The summed E-state index contributed by atoms with van der Waals surface area (Å²) in [5, 5.41) is 61.1. The molecule has 1 fully saturated rings. The number of thiocarbonyl (C=S) groups is 1. The van der Waals surface area contributed by atoms with E-state index in [-0.39, 0.29) is 140 Å². The highest BCUT2D eigenvalue weighted by molar-refractivity contribution is 7.78. The normalized spacial score (nSPS) is 16.3. The van der Waals surface area contributed by atoms with Gasteiger partial charge in [-0.2, -0.15) is 4.99 Å². The molecule has 5 rings (SSSR count). The third-order valence-corrected chi connectivity index (χ3v) is 11.8. The highest BCUT2D eigenvalue weighted by Gasteiger charge is 2.28. The van der Waals surface area contributed by atoms with Crippen molar-refractivity contribution in [2.75, 3.05) is 132 Å². The van der Waals surface area contributed by atoms with E-state index in [0.717, 1.165) is 0 Å². The Labute approximate surface area is 450 Å². The topological polar surface area (TPSA) is 322 Å². The summed E-state index contributed by atoms with van der Waals surface area (Å²) in [5.74, 6) is -4.78. The average molecular weight is 1090 g/mol. The number of aromatic carboxylic acids is 4. The van der Waals surface area contributed by atoms with E-state index in [9.17, 15) is 49.8 Å². The van der Waals surface area contributed by atoms with Gasteiger partial charge in [-0.15, -0.1) is 0 Å². The van der Waals surface area contributed by atoms with Crippen molar-refractivity contribution in [3.63, 3.8) is 0 Å². The van der Waals surface area contributed by atoms with Crippen molar-refractivity contribution in [1.29, 1.82) is 0 Å². The monoisotopic (exact) mass is 1090 g/mol. The first-order valence-corrected chi connectivity index (χ1v) is 25.3. The molecule has 0 radical (unpaired) electrons. The molecule has 0 aromatic carbocycles. The maximum Gasteiger partial charge on any atom is 0.354 e. The van der Waals surface area contributed by atoms with E-state index >= 15 is 0 Å². The standard InChI is InChI=1S/C51H67N9O16S/c61-17-10-57(33-41-28-40(52-36-77)29-45(56-41)51(69)70)13-21-74-35-47(76-23-15-58(11-18-62)30-37-4-1-7-42(53-37)48(63)64)46-34-60(32-39-6-3-9-44(55-39)50(67)68)14-20-72-25-27-73-26-24-71-19-12-59(16-22-75-46)31-38-5-2-8-43(54-38)49(65)66/h1-9,28-29,46-47,61-62H,10-27,30-35H2,(H,63,64)(H,65,66)(H,67,68)(H,69,70). The van der Waals surface area contributed by atoms with E-state index < -0.39 is 36.1 Å². The summed E-state index contributed by atoms with van der Waals surface area (Å²) in [4.78, 5) is 76.4. The number of carbonyl (C=O) groups is 4. The fourth-order valence-electron chi connectivity index (χ4n) is 7.97. The summed E-state index contributed by atoms with van der Waals surface area (Å²) < 4.78 is 37.6. The van der Waals surface area contributed by atoms with Crippen LogP contribution in [0.15, 0.2) is 71.7 Å². The number of aliphatic hydroxyl groups is 2. The van der Waals surface area contributed by atoms with Crippen molar-refractivity contribution in [3.05, 3.63) is 112 Å². The molecule has 4 aromatic heterocycles. The number of pyridine rings is 4. The van der Waals surface area contributed by atoms with Crippen LogP contribution in [-0.2, 0) is 54.6 Å². The van der Waals surface area contributed by atoms with Crippen LogP contribution in [0.4, 0.5) is 5.69 Å². The molecule has 418 valence electrons. The van der Waals surface area contributed by atoms with Crippen molar-refractivity contribution < 1.29 is 78.2 Å². The number of rotatable bonds is 27. The van der Waals surface area contributed by atoms with Crippen LogP contribution in [0.1, 0.15) is 64.7 Å². The van der Waals surface area contributed by atoms with Gasteiger partial charge in [0.1, 0.15) is 23.2 Å². The number of hydrogen-bond donors (Lipinski definition) is 6. The Morgan fingerprint density at radius 3 is 1.66 bits per heavy atom. The third kappa shape index (κ3) is 23.1. The zero-order chi connectivity index (χ0) is 55.2. The summed E-state index contributed by atoms with van der Waals surface area (Å²) in [7, 11) is 0. The summed E-state index contributed by atoms with van der Waals surface area (Å²) in [6.45, 7) is 4.55. The fourth-order valence-corrected chi connectivity index (χ4v) is 8.07. The Morgan fingerprint density at radius 1 is 0.623 bits per heavy atom. The van der Waals surface area contributed by atoms with Gasteiger partial charge in [0.25, 0.3) is 0 Å². The molecule has 0 spiro atoms. The maximum atomic E-state index is 12.0. The molecule has 2 atom stereocenters. The quantitative estimate of drug-likeness (QED) is 0.0282. The molecule has 0 bridgehead atoms. The lowest BCUT2D eigenvalue weighted by Crippen LogP contribution is -2.47. The second kappa shape index (κ2) is 34.5. The molecule has 6 N–H and O–H groups in total. The Morgan fingerprint density at radius 2 is 1.10 bits per heavy atom. The minimum Gasteiger partial charge on any atom is -0.477 e. The van der Waals surface area contributed by atoms with E-state index in [1.54, 1.807) is 42.5 Å². The van der Waals surface area contributed by atoms with Crippen LogP contribution >= 0.6 is 12.2 Å². The molecule has 77 heavy (non-hydrogen) atoms. The number of aliphatic imine (C=N–C) groups is 1. The van der Waals surface area contributed by atoms with Gasteiger partial charge in [0.15, 0.2) is 5.69 Å². The van der Waals surface area contributed by atoms with Gasteiger partial charge in [-0.25, -0.2) is 39.1 Å². The van der Waals surface area contributed by atoms with Crippen LogP contribution < -0.4 is 0 Å². The van der Waals surface area contributed by atoms with E-state index in [2.05, 4.69) is 30.1 Å². The smallest absolute Gasteiger partial charge is 0.354 e. The molecule has 26 heteroatoms. The van der Waals surface area contributed by atoms with Gasteiger partial charge in [0.05, 0.1) is 119 Å². The van der Waals surface area contributed by atoms with E-state index in [4.69, 9.17) is 40.6 Å². The lowest BCUT2D eigenvalue weighted by atomic mass is 10.1. The molecule has 1 aliphatic rings. The number of carboxylic acid groups (broad SMARTS) is 4. The Kier molecular flexibility index (Phi) is 27.7. The fraction of sp³-hybridized carbons (Fsp3) is 0.510. The molecule has 5 heterocycles. The van der Waals surface area contributed by atoms with E-state index in [1.165, 1.54) is 24.3 Å². The first-order chi connectivity index (χ1) is 37.3. The first kappa shape index (κ1) is 61.7. The molecule has 1 aliphatic heterocycles. The summed E-state index contributed by atoms with van der Waals surface area (Å²) >= 11 is 4.74. The van der Waals surface area contributed by atoms with Crippen molar-refractivity contribution in [2.24, 2.45) is 4.99 Å². The molecule has 2 unspecified atom stereocenters. The predicted octanol–water partition coefficient (Wildman–Crippen LogP) is 1.94. The zero-order valence-electron chi connectivity index (χ0n) is 42.7.